The topological polar surface area (TPSA) is 120 Å². The third kappa shape index (κ3) is 4.37. The molecule has 0 spiro atoms. The van der Waals surface area contributed by atoms with Crippen LogP contribution in [-0.2, 0) is 9.59 Å². The number of rotatable bonds is 7. The molecule has 1 saturated heterocycles. The summed E-state index contributed by atoms with van der Waals surface area (Å²) in [4.78, 5) is 41.5. The van der Waals surface area contributed by atoms with E-state index < -0.39 is 23.4 Å². The van der Waals surface area contributed by atoms with Crippen molar-refractivity contribution in [3.8, 4) is 0 Å². The Morgan fingerprint density at radius 1 is 1.44 bits per heavy atom. The number of imide groups is 1. The van der Waals surface area contributed by atoms with Crippen LogP contribution < -0.4 is 10.7 Å². The number of urea groups is 1. The van der Waals surface area contributed by atoms with Crippen molar-refractivity contribution in [3.63, 3.8) is 0 Å². The van der Waals surface area contributed by atoms with Crippen LogP contribution in [0.1, 0.15) is 31.0 Å². The summed E-state index contributed by atoms with van der Waals surface area (Å²) in [6.45, 7) is 3.40. The van der Waals surface area contributed by atoms with Gasteiger partial charge in [0.05, 0.1) is 5.75 Å². The zero-order chi connectivity index (χ0) is 19.4. The summed E-state index contributed by atoms with van der Waals surface area (Å²) < 4.78 is 0. The molecule has 1 aliphatic rings. The van der Waals surface area contributed by atoms with Crippen LogP contribution in [-0.4, -0.2) is 49.3 Å². The number of nitrogens with zero attached hydrogens (tertiary/aromatic N) is 3. The molecule has 0 bridgehead atoms. The normalized spacial score (nSPS) is 19.7. The molecule has 142 valence electrons. The lowest BCUT2D eigenvalue weighted by molar-refractivity contribution is -0.137. The first-order valence-electron chi connectivity index (χ1n) is 8.14. The van der Waals surface area contributed by atoms with Crippen LogP contribution in [0.3, 0.4) is 0 Å². The fourth-order valence-electron chi connectivity index (χ4n) is 2.26. The van der Waals surface area contributed by atoms with E-state index in [2.05, 4.69) is 25.9 Å². The Kier molecular flexibility index (Phi) is 5.61. The number of hydrazine groups is 1. The number of amides is 4. The molecule has 2 aromatic heterocycles. The lowest BCUT2D eigenvalue weighted by Gasteiger charge is -2.19. The summed E-state index contributed by atoms with van der Waals surface area (Å²) in [7, 11) is 0. The lowest BCUT2D eigenvalue weighted by atomic mass is 10.00. The third-order valence-electron chi connectivity index (χ3n) is 3.97. The second kappa shape index (κ2) is 7.92. The zero-order valence-corrected chi connectivity index (χ0v) is 16.3. The molecule has 0 aromatic carbocycles. The zero-order valence-electron chi connectivity index (χ0n) is 14.7. The summed E-state index contributed by atoms with van der Waals surface area (Å²) in [5.74, 6) is -0.443. The highest BCUT2D eigenvalue weighted by Crippen LogP contribution is 2.20. The molecule has 0 aliphatic carbocycles. The molecule has 1 unspecified atom stereocenters. The average molecular weight is 406 g/mol. The molecule has 3 heterocycles. The number of H-pyrrole nitrogens is 1. The van der Waals surface area contributed by atoms with Crippen molar-refractivity contribution in [1.29, 1.82) is 0 Å². The highest BCUT2D eigenvalue weighted by molar-refractivity contribution is 7.99. The van der Waals surface area contributed by atoms with Crippen molar-refractivity contribution in [2.24, 2.45) is 0 Å². The first-order valence-corrected chi connectivity index (χ1v) is 10.0. The summed E-state index contributed by atoms with van der Waals surface area (Å²) >= 11 is 2.71. The molecule has 2 aromatic rings. The van der Waals surface area contributed by atoms with Crippen LogP contribution in [0, 0.1) is 0 Å². The number of thiophene rings is 1. The largest absolute Gasteiger partial charge is 0.344 e. The van der Waals surface area contributed by atoms with E-state index in [1.165, 1.54) is 0 Å². The van der Waals surface area contributed by atoms with Crippen LogP contribution in [0.25, 0.3) is 12.2 Å². The van der Waals surface area contributed by atoms with Crippen LogP contribution in [0.15, 0.2) is 22.7 Å². The maximum atomic E-state index is 12.2. The first-order chi connectivity index (χ1) is 12.9. The standard InChI is InChI=1S/C16H18N6O3S2/c1-3-16(2)13(24)22(15(25)18-16)21-12(23)9-27-14-17-11(19-20-14)7-6-10-5-4-8-26-10/h4-8H,3,9H2,1-2H3,(H,18,25)(H,21,23)(H,17,19,20)/b7-6+. The SMILES string of the molecule is CCC1(C)NC(=O)N(NC(=O)CSc2n[nH]c(/C=C/c3cccs3)n2)C1=O. The number of nitrogens with one attached hydrogen (secondary N) is 3. The Hall–Kier alpha value is -2.66. The van der Waals surface area contributed by atoms with E-state index in [4.69, 9.17) is 0 Å². The van der Waals surface area contributed by atoms with Gasteiger partial charge in [0, 0.05) is 4.88 Å². The fourth-order valence-corrected chi connectivity index (χ4v) is 3.47. The molecular weight excluding hydrogens is 388 g/mol. The van der Waals surface area contributed by atoms with Gasteiger partial charge in [0.1, 0.15) is 11.4 Å². The van der Waals surface area contributed by atoms with E-state index in [-0.39, 0.29) is 5.75 Å². The molecule has 4 amide bonds. The van der Waals surface area contributed by atoms with Gasteiger partial charge in [0.15, 0.2) is 0 Å². The summed E-state index contributed by atoms with van der Waals surface area (Å²) in [6, 6.07) is 3.30. The molecule has 27 heavy (non-hydrogen) atoms. The van der Waals surface area contributed by atoms with Gasteiger partial charge in [0.2, 0.25) is 11.1 Å². The van der Waals surface area contributed by atoms with Crippen LogP contribution in [0.4, 0.5) is 4.79 Å². The molecule has 0 saturated carbocycles. The van der Waals surface area contributed by atoms with Crippen LogP contribution in [0.2, 0.25) is 0 Å². The minimum Gasteiger partial charge on any atom is -0.322 e. The highest BCUT2D eigenvalue weighted by atomic mass is 32.2. The van der Waals surface area contributed by atoms with Crippen molar-refractivity contribution in [2.75, 3.05) is 5.75 Å². The van der Waals surface area contributed by atoms with Gasteiger partial charge >= 0.3 is 6.03 Å². The predicted molar refractivity (Wildman–Crippen MR) is 103 cm³/mol. The Morgan fingerprint density at radius 2 is 2.26 bits per heavy atom. The number of thioether (sulfide) groups is 1. The van der Waals surface area contributed by atoms with Gasteiger partial charge in [-0.25, -0.2) is 9.78 Å². The predicted octanol–water partition coefficient (Wildman–Crippen LogP) is 1.88. The van der Waals surface area contributed by atoms with Gasteiger partial charge in [-0.05, 0) is 36.9 Å². The number of hydrogen-bond acceptors (Lipinski definition) is 7. The Labute approximate surface area is 163 Å². The average Bonchev–Trinajstić information content (AvgIpc) is 3.36. The summed E-state index contributed by atoms with van der Waals surface area (Å²) in [5, 5.41) is 12.5. The quantitative estimate of drug-likeness (QED) is 0.477. The van der Waals surface area contributed by atoms with Crippen LogP contribution >= 0.6 is 23.1 Å². The molecule has 3 rings (SSSR count). The Morgan fingerprint density at radius 3 is 2.93 bits per heavy atom. The van der Waals surface area contributed by atoms with E-state index in [0.29, 0.717) is 17.4 Å². The van der Waals surface area contributed by atoms with Crippen LogP contribution in [0.5, 0.6) is 0 Å². The number of aromatic nitrogens is 3. The highest BCUT2D eigenvalue weighted by Gasteiger charge is 2.47. The lowest BCUT2D eigenvalue weighted by Crippen LogP contribution is -2.49. The smallest absolute Gasteiger partial charge is 0.322 e. The number of carbonyl (C=O) groups excluding carboxylic acids is 3. The Balaban J connectivity index is 1.51. The molecule has 1 aliphatic heterocycles. The number of hydrogen-bond donors (Lipinski definition) is 3. The van der Waals surface area contributed by atoms with E-state index in [0.717, 1.165) is 21.6 Å². The monoisotopic (exact) mass is 406 g/mol. The minimum atomic E-state index is -0.995. The fraction of sp³-hybridized carbons (Fsp3) is 0.312. The van der Waals surface area contributed by atoms with Gasteiger partial charge < -0.3 is 5.32 Å². The third-order valence-corrected chi connectivity index (χ3v) is 5.65. The molecular formula is C16H18N6O3S2. The van der Waals surface area contributed by atoms with Gasteiger partial charge in [0.25, 0.3) is 5.91 Å². The molecule has 11 heteroatoms. The van der Waals surface area contributed by atoms with E-state index >= 15 is 0 Å². The molecule has 9 nitrogen and oxygen atoms in total. The van der Waals surface area contributed by atoms with Gasteiger partial charge in [-0.15, -0.1) is 16.4 Å². The number of carbonyl (C=O) groups is 3. The second-order valence-electron chi connectivity index (χ2n) is 5.93. The van der Waals surface area contributed by atoms with E-state index in [1.807, 2.05) is 23.6 Å². The Bertz CT molecular complexity index is 879. The molecule has 1 atom stereocenters. The van der Waals surface area contributed by atoms with Crippen molar-refractivity contribution >= 4 is 53.1 Å². The van der Waals surface area contributed by atoms with E-state index in [9.17, 15) is 14.4 Å². The maximum absolute atomic E-state index is 12.2. The van der Waals surface area contributed by atoms with Crippen molar-refractivity contribution in [3.05, 3.63) is 28.2 Å². The molecule has 0 radical (unpaired) electrons. The first kappa shape index (κ1) is 19.1. The minimum absolute atomic E-state index is 0.0359. The molecule has 3 N–H and O–H groups in total. The second-order valence-corrected chi connectivity index (χ2v) is 7.85. The van der Waals surface area contributed by atoms with E-state index in [1.54, 1.807) is 31.3 Å². The number of aromatic amines is 1. The van der Waals surface area contributed by atoms with Gasteiger partial charge in [-0.2, -0.15) is 5.01 Å². The summed E-state index contributed by atoms with van der Waals surface area (Å²) in [5.41, 5.74) is 1.33. The van der Waals surface area contributed by atoms with Crippen molar-refractivity contribution in [1.82, 2.24) is 30.9 Å². The van der Waals surface area contributed by atoms with Crippen molar-refractivity contribution < 1.29 is 14.4 Å². The molecule has 1 fully saturated rings. The van der Waals surface area contributed by atoms with Gasteiger partial charge in [-0.3, -0.25) is 20.1 Å². The maximum Gasteiger partial charge on any atom is 0.344 e. The summed E-state index contributed by atoms with van der Waals surface area (Å²) in [6.07, 6.45) is 4.13. The van der Waals surface area contributed by atoms with Crippen molar-refractivity contribution in [2.45, 2.75) is 31.0 Å². The van der Waals surface area contributed by atoms with Gasteiger partial charge in [-0.1, -0.05) is 24.8 Å².